The van der Waals surface area contributed by atoms with E-state index in [2.05, 4.69) is 21.5 Å². The number of aromatic nitrogens is 4. The zero-order chi connectivity index (χ0) is 15.5. The summed E-state index contributed by atoms with van der Waals surface area (Å²) < 4.78 is 4.07. The number of benzene rings is 1. The Morgan fingerprint density at radius 1 is 1.14 bits per heavy atom. The second kappa shape index (κ2) is 6.55. The molecule has 0 fully saturated rings. The van der Waals surface area contributed by atoms with Crippen molar-refractivity contribution in [3.05, 3.63) is 64.7 Å². The average molecular weight is 335 g/mol. The van der Waals surface area contributed by atoms with Crippen molar-refractivity contribution in [1.82, 2.24) is 19.1 Å². The fourth-order valence-corrected chi connectivity index (χ4v) is 2.63. The van der Waals surface area contributed by atoms with Crippen LogP contribution in [-0.2, 0) is 13.0 Å². The van der Waals surface area contributed by atoms with Crippen molar-refractivity contribution in [2.75, 3.05) is 0 Å². The molecule has 2 heterocycles. The Hall–Kier alpha value is -1.78. The van der Waals surface area contributed by atoms with E-state index < -0.39 is 0 Å². The zero-order valence-corrected chi connectivity index (χ0v) is 13.7. The van der Waals surface area contributed by atoms with Crippen LogP contribution in [0.25, 0.3) is 5.69 Å². The molecule has 0 aliphatic carbocycles. The van der Waals surface area contributed by atoms with E-state index in [1.54, 1.807) is 12.4 Å². The van der Waals surface area contributed by atoms with Crippen molar-refractivity contribution in [3.8, 4) is 5.69 Å². The first-order valence-corrected chi connectivity index (χ1v) is 7.91. The molecule has 3 rings (SSSR count). The maximum Gasteiger partial charge on any atom is 0.108 e. The minimum Gasteiger partial charge on any atom is -0.329 e. The van der Waals surface area contributed by atoms with Gasteiger partial charge < -0.3 is 9.13 Å². The molecular weight excluding hydrogens is 319 g/mol. The van der Waals surface area contributed by atoms with Crippen molar-refractivity contribution in [1.29, 1.82) is 0 Å². The lowest BCUT2D eigenvalue weighted by Gasteiger charge is -2.05. The van der Waals surface area contributed by atoms with Crippen molar-refractivity contribution in [3.63, 3.8) is 0 Å². The largest absolute Gasteiger partial charge is 0.329 e. The topological polar surface area (TPSA) is 35.6 Å². The number of imidazole rings is 2. The molecule has 0 N–H and O–H groups in total. The van der Waals surface area contributed by atoms with Crippen molar-refractivity contribution in [2.45, 2.75) is 26.3 Å². The molecule has 1 aromatic carbocycles. The van der Waals surface area contributed by atoms with E-state index in [9.17, 15) is 0 Å². The first-order chi connectivity index (χ1) is 10.7. The van der Waals surface area contributed by atoms with E-state index in [4.69, 9.17) is 23.2 Å². The van der Waals surface area contributed by atoms with Crippen LogP contribution in [0, 0.1) is 0 Å². The highest BCUT2D eigenvalue weighted by Crippen LogP contribution is 2.24. The molecule has 0 radical (unpaired) electrons. The quantitative estimate of drug-likeness (QED) is 0.694. The molecular formula is C16H16Cl2N4. The summed E-state index contributed by atoms with van der Waals surface area (Å²) in [6.07, 6.45) is 9.65. The van der Waals surface area contributed by atoms with E-state index in [0.29, 0.717) is 16.6 Å². The molecule has 0 bridgehead atoms. The Morgan fingerprint density at radius 3 is 2.77 bits per heavy atom. The summed E-state index contributed by atoms with van der Waals surface area (Å²) in [5.74, 6) is 1.09. The van der Waals surface area contributed by atoms with Crippen LogP contribution < -0.4 is 0 Å². The van der Waals surface area contributed by atoms with Crippen LogP contribution in [0.3, 0.4) is 0 Å². The third kappa shape index (κ3) is 3.18. The maximum atomic E-state index is 6.06. The number of hydrogen-bond acceptors (Lipinski definition) is 2. The summed E-state index contributed by atoms with van der Waals surface area (Å²) in [7, 11) is 0. The predicted molar refractivity (Wildman–Crippen MR) is 88.9 cm³/mol. The number of nitrogens with zero attached hydrogens (tertiary/aromatic N) is 4. The smallest absolute Gasteiger partial charge is 0.108 e. The van der Waals surface area contributed by atoms with Crippen molar-refractivity contribution < 1.29 is 0 Å². The molecule has 22 heavy (non-hydrogen) atoms. The van der Waals surface area contributed by atoms with Gasteiger partial charge in [-0.15, -0.1) is 0 Å². The molecule has 0 saturated carbocycles. The SMILES string of the molecule is CCCc1nccn1Cc1cn(-c2ccc(Cl)c(Cl)c2)cn1. The van der Waals surface area contributed by atoms with Crippen LogP contribution in [0.2, 0.25) is 10.0 Å². The second-order valence-electron chi connectivity index (χ2n) is 5.09. The third-order valence-electron chi connectivity index (χ3n) is 3.45. The van der Waals surface area contributed by atoms with Gasteiger partial charge in [0.1, 0.15) is 5.82 Å². The van der Waals surface area contributed by atoms with Crippen LogP contribution in [0.4, 0.5) is 0 Å². The normalized spacial score (nSPS) is 11.0. The van der Waals surface area contributed by atoms with Gasteiger partial charge in [0, 0.05) is 30.7 Å². The van der Waals surface area contributed by atoms with Crippen LogP contribution in [-0.4, -0.2) is 19.1 Å². The molecule has 3 aromatic rings. The Labute approximate surface area is 139 Å². The summed E-state index contributed by atoms with van der Waals surface area (Å²) in [6.45, 7) is 2.86. The monoisotopic (exact) mass is 334 g/mol. The second-order valence-corrected chi connectivity index (χ2v) is 5.91. The van der Waals surface area contributed by atoms with E-state index >= 15 is 0 Å². The number of aryl methyl sites for hydroxylation is 1. The number of rotatable bonds is 5. The highest BCUT2D eigenvalue weighted by molar-refractivity contribution is 6.42. The molecule has 6 heteroatoms. The van der Waals surface area contributed by atoms with Gasteiger partial charge in [-0.1, -0.05) is 30.1 Å². The molecule has 2 aromatic heterocycles. The molecule has 114 valence electrons. The molecule has 0 aliphatic rings. The fourth-order valence-electron chi connectivity index (χ4n) is 2.34. The molecule has 0 aliphatic heterocycles. The van der Waals surface area contributed by atoms with Gasteiger partial charge in [0.25, 0.3) is 0 Å². The lowest BCUT2D eigenvalue weighted by Crippen LogP contribution is -2.04. The fraction of sp³-hybridized carbons (Fsp3) is 0.250. The minimum absolute atomic E-state index is 0.536. The van der Waals surface area contributed by atoms with Crippen molar-refractivity contribution >= 4 is 23.2 Å². The Kier molecular flexibility index (Phi) is 4.50. The van der Waals surface area contributed by atoms with Crippen LogP contribution in [0.1, 0.15) is 24.9 Å². The Balaban J connectivity index is 1.81. The molecule has 0 amide bonds. The van der Waals surface area contributed by atoms with Crippen LogP contribution in [0.5, 0.6) is 0 Å². The lowest BCUT2D eigenvalue weighted by molar-refractivity contribution is 0.695. The van der Waals surface area contributed by atoms with Crippen LogP contribution in [0.15, 0.2) is 43.1 Å². The zero-order valence-electron chi connectivity index (χ0n) is 12.2. The van der Waals surface area contributed by atoms with Gasteiger partial charge in [0.2, 0.25) is 0 Å². The standard InChI is InChI=1S/C16H16Cl2N4/c1-2-3-16-19-6-7-21(16)9-12-10-22(11-20-12)13-4-5-14(17)15(18)8-13/h4-8,10-11H,2-3,9H2,1H3. The molecule has 4 nitrogen and oxygen atoms in total. The predicted octanol–water partition coefficient (Wildman–Crippen LogP) is 4.38. The summed E-state index contributed by atoms with van der Waals surface area (Å²) in [6, 6.07) is 5.53. The lowest BCUT2D eigenvalue weighted by atomic mass is 10.3. The summed E-state index contributed by atoms with van der Waals surface area (Å²) in [5.41, 5.74) is 1.91. The van der Waals surface area contributed by atoms with E-state index in [0.717, 1.165) is 30.0 Å². The summed E-state index contributed by atoms with van der Waals surface area (Å²) in [4.78, 5) is 8.84. The van der Waals surface area contributed by atoms with E-state index in [1.165, 1.54) is 0 Å². The van der Waals surface area contributed by atoms with Crippen molar-refractivity contribution in [2.24, 2.45) is 0 Å². The first-order valence-electron chi connectivity index (χ1n) is 7.15. The van der Waals surface area contributed by atoms with Gasteiger partial charge in [-0.05, 0) is 24.6 Å². The van der Waals surface area contributed by atoms with Gasteiger partial charge in [-0.25, -0.2) is 9.97 Å². The van der Waals surface area contributed by atoms with E-state index in [1.807, 2.05) is 35.3 Å². The Morgan fingerprint density at radius 2 is 2.00 bits per heavy atom. The third-order valence-corrected chi connectivity index (χ3v) is 4.18. The summed E-state index contributed by atoms with van der Waals surface area (Å²) in [5, 5.41) is 1.09. The molecule has 0 unspecified atom stereocenters. The van der Waals surface area contributed by atoms with Crippen LogP contribution >= 0.6 is 23.2 Å². The highest BCUT2D eigenvalue weighted by atomic mass is 35.5. The minimum atomic E-state index is 0.536. The number of halogens is 2. The molecule has 0 saturated heterocycles. The van der Waals surface area contributed by atoms with Gasteiger partial charge in [-0.2, -0.15) is 0 Å². The summed E-state index contributed by atoms with van der Waals surface area (Å²) >= 11 is 12.0. The molecule has 0 spiro atoms. The highest BCUT2D eigenvalue weighted by Gasteiger charge is 2.07. The van der Waals surface area contributed by atoms with Gasteiger partial charge in [-0.3, -0.25) is 0 Å². The first kappa shape index (κ1) is 15.1. The molecule has 0 atom stereocenters. The maximum absolute atomic E-state index is 6.06. The Bertz CT molecular complexity index is 776. The number of hydrogen-bond donors (Lipinski definition) is 0. The van der Waals surface area contributed by atoms with E-state index in [-0.39, 0.29) is 0 Å². The van der Waals surface area contributed by atoms with Gasteiger partial charge in [0.15, 0.2) is 0 Å². The average Bonchev–Trinajstić information content (AvgIpc) is 3.13. The van der Waals surface area contributed by atoms with Gasteiger partial charge >= 0.3 is 0 Å². The van der Waals surface area contributed by atoms with Gasteiger partial charge in [0.05, 0.1) is 28.6 Å².